The molecule has 0 saturated carbocycles. The van der Waals surface area contributed by atoms with Crippen LogP contribution in [0.5, 0.6) is 0 Å². The highest BCUT2D eigenvalue weighted by molar-refractivity contribution is 5.94. The van der Waals surface area contributed by atoms with Crippen LogP contribution in [0, 0.1) is 6.92 Å². The van der Waals surface area contributed by atoms with Crippen LogP contribution < -0.4 is 10.6 Å². The van der Waals surface area contributed by atoms with Gasteiger partial charge in [0, 0.05) is 35.4 Å². The number of hydrogen-bond donors (Lipinski definition) is 1. The molecule has 6 heteroatoms. The number of nitrogens with zero attached hydrogens (tertiary/aromatic N) is 2. The van der Waals surface area contributed by atoms with Crippen LogP contribution in [-0.4, -0.2) is 18.1 Å². The third kappa shape index (κ3) is 2.75. The van der Waals surface area contributed by atoms with Gasteiger partial charge in [-0.25, -0.2) is 4.98 Å². The van der Waals surface area contributed by atoms with E-state index in [1.807, 2.05) is 13.8 Å². The van der Waals surface area contributed by atoms with Crippen LogP contribution in [0.25, 0.3) is 10.9 Å². The van der Waals surface area contributed by atoms with Crippen LogP contribution in [-0.2, 0) is 6.18 Å². The molecule has 0 saturated heterocycles. The molecule has 0 amide bonds. The zero-order valence-electron chi connectivity index (χ0n) is 12.3. The highest BCUT2D eigenvalue weighted by atomic mass is 19.4. The first-order chi connectivity index (χ1) is 9.79. The fourth-order valence-electron chi connectivity index (χ4n) is 2.43. The summed E-state index contributed by atoms with van der Waals surface area (Å²) in [5.41, 5.74) is 6.31. The molecule has 1 aromatic carbocycles. The van der Waals surface area contributed by atoms with Crippen molar-refractivity contribution in [2.75, 3.05) is 23.7 Å². The fourth-order valence-corrected chi connectivity index (χ4v) is 2.43. The first-order valence-electron chi connectivity index (χ1n) is 6.81. The van der Waals surface area contributed by atoms with Gasteiger partial charge in [0.15, 0.2) is 0 Å². The van der Waals surface area contributed by atoms with Crippen LogP contribution in [0.1, 0.15) is 25.1 Å². The molecule has 0 fully saturated rings. The number of fused-ring (bicyclic) bond motifs is 1. The number of nitrogen functional groups attached to an aromatic ring is 1. The number of pyridine rings is 1. The average molecular weight is 297 g/mol. The molecular formula is C15H18F3N3. The van der Waals surface area contributed by atoms with Gasteiger partial charge in [-0.15, -0.1) is 0 Å². The van der Waals surface area contributed by atoms with Gasteiger partial charge in [-0.05, 0) is 39.0 Å². The summed E-state index contributed by atoms with van der Waals surface area (Å²) in [5.74, 6) is 0. The highest BCUT2D eigenvalue weighted by Crippen LogP contribution is 2.36. The number of hydrogen-bond acceptors (Lipinski definition) is 3. The van der Waals surface area contributed by atoms with Gasteiger partial charge in [0.05, 0.1) is 5.52 Å². The fraction of sp³-hybridized carbons (Fsp3) is 0.400. The van der Waals surface area contributed by atoms with Gasteiger partial charge in [0.1, 0.15) is 5.69 Å². The Kier molecular flexibility index (Phi) is 3.98. The summed E-state index contributed by atoms with van der Waals surface area (Å²) in [5, 5.41) is 0.560. The number of halogens is 3. The second-order valence-electron chi connectivity index (χ2n) is 4.87. The largest absolute Gasteiger partial charge is 0.433 e. The van der Waals surface area contributed by atoms with Gasteiger partial charge in [0.2, 0.25) is 0 Å². The topological polar surface area (TPSA) is 42.2 Å². The zero-order valence-corrected chi connectivity index (χ0v) is 12.3. The second-order valence-corrected chi connectivity index (χ2v) is 4.87. The van der Waals surface area contributed by atoms with Crippen LogP contribution in [0.4, 0.5) is 24.5 Å². The van der Waals surface area contributed by atoms with Crippen molar-refractivity contribution in [2.24, 2.45) is 0 Å². The van der Waals surface area contributed by atoms with E-state index in [-0.39, 0.29) is 16.8 Å². The third-order valence-corrected chi connectivity index (χ3v) is 3.66. The van der Waals surface area contributed by atoms with E-state index in [1.54, 1.807) is 18.2 Å². The molecule has 1 aromatic heterocycles. The summed E-state index contributed by atoms with van der Waals surface area (Å²) in [7, 11) is 0. The van der Waals surface area contributed by atoms with Crippen molar-refractivity contribution in [3.63, 3.8) is 0 Å². The predicted octanol–water partition coefficient (Wildman–Crippen LogP) is 3.99. The van der Waals surface area contributed by atoms with Crippen molar-refractivity contribution in [1.82, 2.24) is 4.98 Å². The van der Waals surface area contributed by atoms with Gasteiger partial charge in [-0.1, -0.05) is 0 Å². The van der Waals surface area contributed by atoms with Crippen LogP contribution in [0.3, 0.4) is 0 Å². The molecule has 1 heterocycles. The Bertz CT molecular complexity index is 661. The lowest BCUT2D eigenvalue weighted by molar-refractivity contribution is -0.141. The summed E-state index contributed by atoms with van der Waals surface area (Å²) in [6.45, 7) is 7.03. The van der Waals surface area contributed by atoms with E-state index >= 15 is 0 Å². The van der Waals surface area contributed by atoms with Crippen molar-refractivity contribution in [1.29, 1.82) is 0 Å². The van der Waals surface area contributed by atoms with Crippen molar-refractivity contribution in [3.8, 4) is 0 Å². The average Bonchev–Trinajstić information content (AvgIpc) is 2.43. The van der Waals surface area contributed by atoms with E-state index in [2.05, 4.69) is 9.88 Å². The molecule has 0 unspecified atom stereocenters. The molecule has 0 aliphatic heterocycles. The molecule has 114 valence electrons. The molecule has 3 nitrogen and oxygen atoms in total. The zero-order chi connectivity index (χ0) is 15.8. The minimum atomic E-state index is -4.50. The van der Waals surface area contributed by atoms with Gasteiger partial charge < -0.3 is 10.6 Å². The molecular weight excluding hydrogens is 279 g/mol. The lowest BCUT2D eigenvalue weighted by atomic mass is 10.1. The molecule has 0 spiro atoms. The number of alkyl halides is 3. The molecule has 21 heavy (non-hydrogen) atoms. The van der Waals surface area contributed by atoms with E-state index < -0.39 is 11.9 Å². The maximum Gasteiger partial charge on any atom is 0.433 e. The van der Waals surface area contributed by atoms with Crippen molar-refractivity contribution < 1.29 is 13.2 Å². The Morgan fingerprint density at radius 1 is 1.19 bits per heavy atom. The minimum Gasteiger partial charge on any atom is -0.398 e. The van der Waals surface area contributed by atoms with Crippen molar-refractivity contribution in [3.05, 3.63) is 29.5 Å². The molecule has 0 aliphatic rings. The first kappa shape index (κ1) is 15.4. The molecule has 2 N–H and O–H groups in total. The smallest absolute Gasteiger partial charge is 0.398 e. The molecule has 0 bridgehead atoms. The maximum absolute atomic E-state index is 12.9. The maximum atomic E-state index is 12.9. The number of anilines is 2. The predicted molar refractivity (Wildman–Crippen MR) is 79.5 cm³/mol. The monoisotopic (exact) mass is 297 g/mol. The van der Waals surface area contributed by atoms with E-state index in [9.17, 15) is 13.2 Å². The van der Waals surface area contributed by atoms with Crippen LogP contribution >= 0.6 is 0 Å². The van der Waals surface area contributed by atoms with E-state index in [0.29, 0.717) is 5.39 Å². The van der Waals surface area contributed by atoms with Crippen molar-refractivity contribution >= 4 is 22.3 Å². The minimum absolute atomic E-state index is 0.0216. The normalized spacial score (nSPS) is 11.9. The summed E-state index contributed by atoms with van der Waals surface area (Å²) in [6, 6.07) is 5.17. The van der Waals surface area contributed by atoms with Gasteiger partial charge in [-0.2, -0.15) is 13.2 Å². The third-order valence-electron chi connectivity index (χ3n) is 3.66. The van der Waals surface area contributed by atoms with Crippen molar-refractivity contribution in [2.45, 2.75) is 26.9 Å². The first-order valence-corrected chi connectivity index (χ1v) is 6.81. The lowest BCUT2D eigenvalue weighted by Gasteiger charge is -2.22. The van der Waals surface area contributed by atoms with Gasteiger partial charge in [-0.3, -0.25) is 0 Å². The summed E-state index contributed by atoms with van der Waals surface area (Å²) >= 11 is 0. The molecule has 2 rings (SSSR count). The lowest BCUT2D eigenvalue weighted by Crippen LogP contribution is -2.21. The van der Waals surface area contributed by atoms with Crippen LogP contribution in [0.15, 0.2) is 18.2 Å². The Morgan fingerprint density at radius 2 is 1.81 bits per heavy atom. The summed E-state index contributed by atoms with van der Waals surface area (Å²) in [4.78, 5) is 5.84. The SMILES string of the molecule is CCN(CC)c1ccc2nc(C(F)(F)F)c(C)c(N)c2c1. The van der Waals surface area contributed by atoms with Gasteiger partial charge >= 0.3 is 6.18 Å². The number of rotatable bonds is 3. The Hall–Kier alpha value is -1.98. The van der Waals surface area contributed by atoms with Gasteiger partial charge in [0.25, 0.3) is 0 Å². The number of aromatic nitrogens is 1. The number of nitrogens with two attached hydrogens (primary N) is 1. The summed E-state index contributed by atoms with van der Waals surface area (Å²) in [6.07, 6.45) is -4.50. The quantitative estimate of drug-likeness (QED) is 0.931. The molecule has 0 radical (unpaired) electrons. The molecule has 2 aromatic rings. The van der Waals surface area contributed by atoms with E-state index in [0.717, 1.165) is 18.8 Å². The summed E-state index contributed by atoms with van der Waals surface area (Å²) < 4.78 is 38.8. The molecule has 0 aliphatic carbocycles. The van der Waals surface area contributed by atoms with E-state index in [4.69, 9.17) is 5.73 Å². The number of benzene rings is 1. The standard InChI is InChI=1S/C15H18F3N3/c1-4-21(5-2)10-6-7-12-11(8-10)13(19)9(3)14(20-12)15(16,17)18/h6-8H,4-5H2,1-3H3,(H2,19,20). The van der Waals surface area contributed by atoms with E-state index in [1.165, 1.54) is 6.92 Å². The Morgan fingerprint density at radius 3 is 2.33 bits per heavy atom. The Balaban J connectivity index is 2.68. The highest BCUT2D eigenvalue weighted by Gasteiger charge is 2.35. The van der Waals surface area contributed by atoms with Crippen LogP contribution in [0.2, 0.25) is 0 Å². The Labute approximate surface area is 121 Å². The second kappa shape index (κ2) is 5.42. The molecule has 0 atom stereocenters.